The van der Waals surface area contributed by atoms with Gasteiger partial charge >= 0.3 is 0 Å². The van der Waals surface area contributed by atoms with E-state index in [9.17, 15) is 0 Å². The molecular formula is C15H19ClN4. The first kappa shape index (κ1) is 14.9. The summed E-state index contributed by atoms with van der Waals surface area (Å²) in [6.45, 7) is 7.13. The fraction of sp³-hybridized carbons (Fsp3) is 0.400. The summed E-state index contributed by atoms with van der Waals surface area (Å²) < 4.78 is 0. The van der Waals surface area contributed by atoms with Crippen molar-refractivity contribution in [3.63, 3.8) is 0 Å². The lowest BCUT2D eigenvalue weighted by atomic mass is 9.98. The predicted molar refractivity (Wildman–Crippen MR) is 82.1 cm³/mol. The Kier molecular flexibility index (Phi) is 4.68. The van der Waals surface area contributed by atoms with Gasteiger partial charge in [-0.25, -0.2) is 9.97 Å². The summed E-state index contributed by atoms with van der Waals surface area (Å²) in [6, 6.07) is 3.64. The van der Waals surface area contributed by atoms with Gasteiger partial charge in [-0.1, -0.05) is 18.5 Å². The highest BCUT2D eigenvalue weighted by Gasteiger charge is 2.15. The van der Waals surface area contributed by atoms with E-state index in [1.54, 1.807) is 12.3 Å². The first-order valence-corrected chi connectivity index (χ1v) is 7.02. The molecule has 0 spiro atoms. The Balaban J connectivity index is 2.42. The van der Waals surface area contributed by atoms with E-state index in [-0.39, 0.29) is 0 Å². The summed E-state index contributed by atoms with van der Waals surface area (Å²) in [5.41, 5.74) is 3.96. The molecule has 1 atom stereocenters. The molecule has 0 saturated carbocycles. The first-order valence-electron chi connectivity index (χ1n) is 6.64. The lowest BCUT2D eigenvalue weighted by Gasteiger charge is -2.16. The van der Waals surface area contributed by atoms with E-state index in [2.05, 4.69) is 27.2 Å². The van der Waals surface area contributed by atoms with Crippen molar-refractivity contribution in [1.82, 2.24) is 20.3 Å². The Morgan fingerprint density at radius 3 is 2.35 bits per heavy atom. The molecule has 2 aromatic heterocycles. The largest absolute Gasteiger partial charge is 0.319 e. The SMILES string of the molecule is CNCC(C)c1c(C)nc(-c2ccc(Cl)cn2)nc1C. The monoisotopic (exact) mass is 290 g/mol. The van der Waals surface area contributed by atoms with Crippen molar-refractivity contribution in [2.75, 3.05) is 13.6 Å². The van der Waals surface area contributed by atoms with Crippen LogP contribution in [0.4, 0.5) is 0 Å². The van der Waals surface area contributed by atoms with Crippen molar-refractivity contribution in [1.29, 1.82) is 0 Å². The number of nitrogens with zero attached hydrogens (tertiary/aromatic N) is 3. The molecule has 0 amide bonds. The van der Waals surface area contributed by atoms with Gasteiger partial charge in [-0.3, -0.25) is 4.98 Å². The van der Waals surface area contributed by atoms with Gasteiger partial charge in [0.15, 0.2) is 5.82 Å². The molecule has 5 heteroatoms. The second kappa shape index (κ2) is 6.29. The van der Waals surface area contributed by atoms with Gasteiger partial charge < -0.3 is 5.32 Å². The summed E-state index contributed by atoms with van der Waals surface area (Å²) in [5.74, 6) is 1.03. The summed E-state index contributed by atoms with van der Waals surface area (Å²) in [6.07, 6.45) is 1.61. The average molecular weight is 291 g/mol. The number of rotatable bonds is 4. The summed E-state index contributed by atoms with van der Waals surface area (Å²) in [7, 11) is 1.95. The molecule has 106 valence electrons. The first-order chi connectivity index (χ1) is 9.52. The molecule has 0 radical (unpaired) electrons. The van der Waals surface area contributed by atoms with Gasteiger partial charge in [-0.15, -0.1) is 0 Å². The predicted octanol–water partition coefficient (Wildman–Crippen LogP) is 3.13. The second-order valence-electron chi connectivity index (χ2n) is 4.95. The van der Waals surface area contributed by atoms with Crippen LogP contribution in [0.2, 0.25) is 5.02 Å². The Hall–Kier alpha value is -1.52. The van der Waals surface area contributed by atoms with Crippen LogP contribution in [0.3, 0.4) is 0 Å². The fourth-order valence-corrected chi connectivity index (χ4v) is 2.58. The van der Waals surface area contributed by atoms with Gasteiger partial charge in [-0.2, -0.15) is 0 Å². The van der Waals surface area contributed by atoms with Gasteiger partial charge in [-0.05, 0) is 44.5 Å². The Morgan fingerprint density at radius 1 is 1.20 bits per heavy atom. The second-order valence-corrected chi connectivity index (χ2v) is 5.39. The zero-order chi connectivity index (χ0) is 14.7. The van der Waals surface area contributed by atoms with E-state index in [1.807, 2.05) is 27.0 Å². The third-order valence-electron chi connectivity index (χ3n) is 3.29. The minimum Gasteiger partial charge on any atom is -0.319 e. The highest BCUT2D eigenvalue weighted by atomic mass is 35.5. The molecular weight excluding hydrogens is 272 g/mol. The lowest BCUT2D eigenvalue weighted by molar-refractivity contribution is 0.662. The molecule has 1 N–H and O–H groups in total. The van der Waals surface area contributed by atoms with Gasteiger partial charge in [0.2, 0.25) is 0 Å². The van der Waals surface area contributed by atoms with Gasteiger partial charge in [0, 0.05) is 24.1 Å². The molecule has 0 fully saturated rings. The van der Waals surface area contributed by atoms with Gasteiger partial charge in [0.1, 0.15) is 5.69 Å². The highest BCUT2D eigenvalue weighted by Crippen LogP contribution is 2.24. The van der Waals surface area contributed by atoms with E-state index < -0.39 is 0 Å². The van der Waals surface area contributed by atoms with Gasteiger partial charge in [0.05, 0.1) is 5.02 Å². The van der Waals surface area contributed by atoms with Crippen LogP contribution in [0.5, 0.6) is 0 Å². The normalized spacial score (nSPS) is 12.4. The number of aryl methyl sites for hydroxylation is 2. The Morgan fingerprint density at radius 2 is 1.85 bits per heavy atom. The van der Waals surface area contributed by atoms with Crippen molar-refractivity contribution in [2.24, 2.45) is 0 Å². The number of hydrogen-bond acceptors (Lipinski definition) is 4. The van der Waals surface area contributed by atoms with Crippen LogP contribution in [0, 0.1) is 13.8 Å². The van der Waals surface area contributed by atoms with Crippen molar-refractivity contribution in [2.45, 2.75) is 26.7 Å². The molecule has 0 aliphatic rings. The molecule has 0 saturated heterocycles. The Bertz CT molecular complexity index is 572. The average Bonchev–Trinajstić information content (AvgIpc) is 2.39. The third-order valence-corrected chi connectivity index (χ3v) is 3.51. The molecule has 0 bridgehead atoms. The fourth-order valence-electron chi connectivity index (χ4n) is 2.47. The van der Waals surface area contributed by atoms with Crippen LogP contribution in [0.25, 0.3) is 11.5 Å². The van der Waals surface area contributed by atoms with Gasteiger partial charge in [0.25, 0.3) is 0 Å². The molecule has 1 unspecified atom stereocenters. The molecule has 0 aliphatic heterocycles. The highest BCUT2D eigenvalue weighted by molar-refractivity contribution is 6.30. The maximum Gasteiger partial charge on any atom is 0.178 e. The zero-order valence-corrected chi connectivity index (χ0v) is 13.0. The molecule has 2 aromatic rings. The number of nitrogens with one attached hydrogen (secondary N) is 1. The molecule has 4 nitrogen and oxygen atoms in total. The molecule has 0 aliphatic carbocycles. The minimum absolute atomic E-state index is 0.382. The van der Waals surface area contributed by atoms with Crippen molar-refractivity contribution < 1.29 is 0 Å². The molecule has 2 rings (SSSR count). The van der Waals surface area contributed by atoms with E-state index in [4.69, 9.17) is 11.6 Å². The summed E-state index contributed by atoms with van der Waals surface area (Å²) in [5, 5.41) is 3.80. The van der Waals surface area contributed by atoms with Crippen LogP contribution in [0.1, 0.15) is 29.8 Å². The Labute approximate surface area is 124 Å². The van der Waals surface area contributed by atoms with E-state index in [0.29, 0.717) is 16.8 Å². The van der Waals surface area contributed by atoms with E-state index >= 15 is 0 Å². The number of hydrogen-bond donors (Lipinski definition) is 1. The van der Waals surface area contributed by atoms with Crippen LogP contribution in [0.15, 0.2) is 18.3 Å². The maximum absolute atomic E-state index is 5.85. The standard InChI is InChI=1S/C15H19ClN4/c1-9(7-17-4)14-10(2)19-15(20-11(14)3)13-6-5-12(16)8-18-13/h5-6,8-9,17H,7H2,1-4H3. The topological polar surface area (TPSA) is 50.7 Å². The van der Waals surface area contributed by atoms with Crippen molar-refractivity contribution >= 4 is 11.6 Å². The maximum atomic E-state index is 5.85. The quantitative estimate of drug-likeness (QED) is 0.940. The smallest absolute Gasteiger partial charge is 0.178 e. The number of likely N-dealkylation sites (N-methyl/N-ethyl adjacent to an activating group) is 1. The number of pyridine rings is 1. The van der Waals surface area contributed by atoms with E-state index in [0.717, 1.165) is 23.6 Å². The third kappa shape index (κ3) is 3.14. The lowest BCUT2D eigenvalue weighted by Crippen LogP contribution is -2.17. The van der Waals surface area contributed by atoms with Crippen LogP contribution in [-0.4, -0.2) is 28.5 Å². The van der Waals surface area contributed by atoms with E-state index in [1.165, 1.54) is 5.56 Å². The zero-order valence-electron chi connectivity index (χ0n) is 12.2. The summed E-state index contributed by atoms with van der Waals surface area (Å²) >= 11 is 5.85. The van der Waals surface area contributed by atoms with Crippen molar-refractivity contribution in [3.8, 4) is 11.5 Å². The van der Waals surface area contributed by atoms with Crippen LogP contribution >= 0.6 is 11.6 Å². The molecule has 2 heterocycles. The molecule has 0 aromatic carbocycles. The minimum atomic E-state index is 0.382. The van der Waals surface area contributed by atoms with Crippen molar-refractivity contribution in [3.05, 3.63) is 40.3 Å². The number of halogens is 1. The summed E-state index contributed by atoms with van der Waals surface area (Å²) in [4.78, 5) is 13.5. The van der Waals surface area contributed by atoms with Crippen LogP contribution < -0.4 is 5.32 Å². The molecule has 20 heavy (non-hydrogen) atoms. The van der Waals surface area contributed by atoms with Crippen LogP contribution in [-0.2, 0) is 0 Å². The number of aromatic nitrogens is 3.